The Morgan fingerprint density at radius 3 is 2.18 bits per heavy atom. The molecule has 0 unspecified atom stereocenters. The van der Waals surface area contributed by atoms with Gasteiger partial charge < -0.3 is 10.2 Å². The summed E-state index contributed by atoms with van der Waals surface area (Å²) in [6, 6.07) is 18.5. The van der Waals surface area contributed by atoms with Crippen molar-refractivity contribution in [3.05, 3.63) is 92.9 Å². The van der Waals surface area contributed by atoms with Gasteiger partial charge in [0.2, 0.25) is 11.8 Å². The highest BCUT2D eigenvalue weighted by Gasteiger charge is 2.32. The van der Waals surface area contributed by atoms with Crippen LogP contribution in [0, 0.1) is 5.92 Å². The van der Waals surface area contributed by atoms with Gasteiger partial charge in [-0.2, -0.15) is 0 Å². The van der Waals surface area contributed by atoms with Crippen molar-refractivity contribution in [2.45, 2.75) is 38.3 Å². The van der Waals surface area contributed by atoms with Gasteiger partial charge in [-0.1, -0.05) is 77.2 Å². The third-order valence-electron chi connectivity index (χ3n) is 5.93. The van der Waals surface area contributed by atoms with Crippen molar-refractivity contribution in [2.24, 2.45) is 5.92 Å². The zero-order valence-corrected chi connectivity index (χ0v) is 25.7. The maximum atomic E-state index is 13.9. The van der Waals surface area contributed by atoms with E-state index in [2.05, 4.69) is 21.2 Å². The van der Waals surface area contributed by atoms with E-state index in [1.54, 1.807) is 67.6 Å². The van der Waals surface area contributed by atoms with Crippen molar-refractivity contribution in [2.75, 3.05) is 17.4 Å². The van der Waals surface area contributed by atoms with Gasteiger partial charge in [-0.05, 0) is 66.9 Å². The minimum atomic E-state index is -4.12. The van der Waals surface area contributed by atoms with E-state index in [1.807, 2.05) is 13.8 Å². The Labute approximate surface area is 248 Å². The van der Waals surface area contributed by atoms with Crippen LogP contribution in [0.4, 0.5) is 5.69 Å². The molecule has 0 fully saturated rings. The summed E-state index contributed by atoms with van der Waals surface area (Å²) in [7, 11) is -4.12. The number of anilines is 1. The number of amides is 2. The molecule has 0 saturated heterocycles. The number of sulfonamides is 1. The molecule has 3 aromatic carbocycles. The van der Waals surface area contributed by atoms with Gasteiger partial charge in [-0.15, -0.1) is 0 Å². The molecule has 0 aromatic heterocycles. The Kier molecular flexibility index (Phi) is 10.8. The molecule has 2 amide bonds. The molecule has 11 heteroatoms. The maximum absolute atomic E-state index is 13.9. The number of hydrogen-bond donors (Lipinski definition) is 1. The number of carbonyl (C=O) groups excluding carboxylic acids is 2. The lowest BCUT2D eigenvalue weighted by Crippen LogP contribution is -2.51. The van der Waals surface area contributed by atoms with Crippen LogP contribution in [-0.4, -0.2) is 44.3 Å². The normalized spacial score (nSPS) is 12.2. The topological polar surface area (TPSA) is 86.8 Å². The van der Waals surface area contributed by atoms with E-state index < -0.39 is 28.5 Å². The fraction of sp³-hybridized carbons (Fsp3) is 0.286. The number of hydrogen-bond acceptors (Lipinski definition) is 4. The SMILES string of the molecule is CC(C)CNC(=O)[C@H](C)N(Cc1ccc(Cl)cc1Cl)C(=O)CN(c1ccc(Br)cc1)S(=O)(=O)c1ccccc1. The summed E-state index contributed by atoms with van der Waals surface area (Å²) in [5.41, 5.74) is 0.871. The predicted molar refractivity (Wildman–Crippen MR) is 159 cm³/mol. The summed E-state index contributed by atoms with van der Waals surface area (Å²) < 4.78 is 29.3. The average molecular weight is 655 g/mol. The number of benzene rings is 3. The van der Waals surface area contributed by atoms with Crippen LogP contribution in [0.3, 0.4) is 0 Å². The van der Waals surface area contributed by atoms with Gasteiger partial charge in [0.1, 0.15) is 12.6 Å². The monoisotopic (exact) mass is 653 g/mol. The molecule has 0 bridgehead atoms. The van der Waals surface area contributed by atoms with Crippen molar-refractivity contribution in [3.63, 3.8) is 0 Å². The van der Waals surface area contributed by atoms with Gasteiger partial charge in [0.25, 0.3) is 10.0 Å². The summed E-state index contributed by atoms with van der Waals surface area (Å²) in [4.78, 5) is 28.3. The van der Waals surface area contributed by atoms with Crippen LogP contribution in [0.1, 0.15) is 26.3 Å². The standard InChI is InChI=1S/C28H30BrCl2N3O4S/c1-19(2)16-32-28(36)20(3)33(17-21-9-12-23(30)15-26(21)31)27(35)18-34(24-13-10-22(29)11-14-24)39(37,38)25-7-5-4-6-8-25/h4-15,19-20H,16-18H2,1-3H3,(H,32,36)/t20-/m0/s1. The van der Waals surface area contributed by atoms with Gasteiger partial charge >= 0.3 is 0 Å². The van der Waals surface area contributed by atoms with Crippen molar-refractivity contribution >= 4 is 66.7 Å². The molecule has 208 valence electrons. The minimum Gasteiger partial charge on any atom is -0.354 e. The zero-order chi connectivity index (χ0) is 28.7. The van der Waals surface area contributed by atoms with Crippen molar-refractivity contribution < 1.29 is 18.0 Å². The molecule has 39 heavy (non-hydrogen) atoms. The highest BCUT2D eigenvalue weighted by molar-refractivity contribution is 9.10. The summed E-state index contributed by atoms with van der Waals surface area (Å²) in [5, 5.41) is 3.61. The van der Waals surface area contributed by atoms with Gasteiger partial charge in [0, 0.05) is 27.6 Å². The number of rotatable bonds is 11. The van der Waals surface area contributed by atoms with E-state index in [0.717, 1.165) is 8.78 Å². The number of nitrogens with zero attached hydrogens (tertiary/aromatic N) is 2. The number of carbonyl (C=O) groups is 2. The molecular formula is C28H30BrCl2N3O4S. The molecule has 0 aliphatic heterocycles. The van der Waals surface area contributed by atoms with E-state index >= 15 is 0 Å². The molecule has 3 rings (SSSR count). The summed E-state index contributed by atoms with van der Waals surface area (Å²) in [6.07, 6.45) is 0. The molecule has 1 atom stereocenters. The molecule has 0 heterocycles. The highest BCUT2D eigenvalue weighted by atomic mass is 79.9. The van der Waals surface area contributed by atoms with Gasteiger partial charge in [0.15, 0.2) is 0 Å². The predicted octanol–water partition coefficient (Wildman–Crippen LogP) is 6.14. The lowest BCUT2D eigenvalue weighted by atomic mass is 10.1. The molecular weight excluding hydrogens is 625 g/mol. The molecule has 0 spiro atoms. The summed E-state index contributed by atoms with van der Waals surface area (Å²) in [6.45, 7) is 5.40. The first-order chi connectivity index (χ1) is 18.4. The van der Waals surface area contributed by atoms with Crippen molar-refractivity contribution in [1.82, 2.24) is 10.2 Å². The lowest BCUT2D eigenvalue weighted by molar-refractivity contribution is -0.139. The molecule has 0 aliphatic rings. The highest BCUT2D eigenvalue weighted by Crippen LogP contribution is 2.27. The quantitative estimate of drug-likeness (QED) is 0.269. The van der Waals surface area contributed by atoms with Crippen LogP contribution in [-0.2, 0) is 26.2 Å². The first kappa shape index (κ1) is 30.9. The minimum absolute atomic E-state index is 0.0232. The maximum Gasteiger partial charge on any atom is 0.264 e. The Bertz CT molecular complexity index is 1400. The molecule has 0 radical (unpaired) electrons. The van der Waals surface area contributed by atoms with Gasteiger partial charge in [-0.3, -0.25) is 13.9 Å². The Morgan fingerprint density at radius 1 is 0.949 bits per heavy atom. The third kappa shape index (κ3) is 8.20. The van der Waals surface area contributed by atoms with Crippen molar-refractivity contribution in [1.29, 1.82) is 0 Å². The molecule has 0 saturated carbocycles. The molecule has 1 N–H and O–H groups in total. The summed E-state index contributed by atoms with van der Waals surface area (Å²) in [5.74, 6) is -0.723. The van der Waals surface area contributed by atoms with Crippen LogP contribution in [0.15, 0.2) is 82.2 Å². The third-order valence-corrected chi connectivity index (χ3v) is 8.84. The van der Waals surface area contributed by atoms with E-state index in [0.29, 0.717) is 27.8 Å². The van der Waals surface area contributed by atoms with E-state index in [-0.39, 0.29) is 23.3 Å². The Hall–Kier alpha value is -2.59. The first-order valence-electron chi connectivity index (χ1n) is 12.2. The zero-order valence-electron chi connectivity index (χ0n) is 21.8. The first-order valence-corrected chi connectivity index (χ1v) is 15.2. The summed E-state index contributed by atoms with van der Waals surface area (Å²) >= 11 is 15.8. The van der Waals surface area contributed by atoms with Crippen LogP contribution >= 0.6 is 39.1 Å². The molecule has 7 nitrogen and oxygen atoms in total. The largest absolute Gasteiger partial charge is 0.354 e. The van der Waals surface area contributed by atoms with Crippen LogP contribution in [0.2, 0.25) is 10.0 Å². The van der Waals surface area contributed by atoms with Crippen LogP contribution in [0.25, 0.3) is 0 Å². The smallest absolute Gasteiger partial charge is 0.264 e. The van der Waals surface area contributed by atoms with Crippen LogP contribution in [0.5, 0.6) is 0 Å². The Balaban J connectivity index is 2.01. The van der Waals surface area contributed by atoms with Gasteiger partial charge in [-0.25, -0.2) is 8.42 Å². The lowest BCUT2D eigenvalue weighted by Gasteiger charge is -2.32. The van der Waals surface area contributed by atoms with E-state index in [4.69, 9.17) is 23.2 Å². The number of halogens is 3. The molecule has 0 aliphatic carbocycles. The van der Waals surface area contributed by atoms with Gasteiger partial charge in [0.05, 0.1) is 10.6 Å². The second-order valence-corrected chi connectivity index (χ2v) is 13.0. The fourth-order valence-corrected chi connectivity index (χ4v) is 5.89. The Morgan fingerprint density at radius 2 is 1.59 bits per heavy atom. The van der Waals surface area contributed by atoms with Crippen LogP contribution < -0.4 is 9.62 Å². The second kappa shape index (κ2) is 13.7. The number of nitrogens with one attached hydrogen (secondary N) is 1. The van der Waals surface area contributed by atoms with E-state index in [9.17, 15) is 18.0 Å². The van der Waals surface area contributed by atoms with E-state index in [1.165, 1.54) is 17.0 Å². The fourth-order valence-electron chi connectivity index (χ4n) is 3.72. The average Bonchev–Trinajstić information content (AvgIpc) is 2.90. The second-order valence-electron chi connectivity index (χ2n) is 9.37. The van der Waals surface area contributed by atoms with Crippen molar-refractivity contribution in [3.8, 4) is 0 Å². The molecule has 3 aromatic rings.